The van der Waals surface area contributed by atoms with E-state index in [0.29, 0.717) is 25.7 Å². The first-order chi connectivity index (χ1) is 53.9. The number of hydrogen-bond acceptors (Lipinski definition) is 15. The van der Waals surface area contributed by atoms with Crippen molar-refractivity contribution >= 4 is 39.5 Å². The van der Waals surface area contributed by atoms with Gasteiger partial charge in [-0.05, 0) is 37.5 Å². The van der Waals surface area contributed by atoms with E-state index in [1.165, 1.54) is 315 Å². The number of phosphoric acid groups is 2. The van der Waals surface area contributed by atoms with Gasteiger partial charge in [0.05, 0.1) is 26.4 Å². The van der Waals surface area contributed by atoms with Crippen molar-refractivity contribution in [2.24, 2.45) is 11.8 Å². The molecular formula is C92H180O17P2. The van der Waals surface area contributed by atoms with Crippen molar-refractivity contribution in [1.82, 2.24) is 0 Å². The zero-order valence-electron chi connectivity index (χ0n) is 73.3. The van der Waals surface area contributed by atoms with Crippen LogP contribution >= 0.6 is 15.6 Å². The van der Waals surface area contributed by atoms with Gasteiger partial charge in [-0.15, -0.1) is 0 Å². The van der Waals surface area contributed by atoms with E-state index in [1.54, 1.807) is 0 Å². The summed E-state index contributed by atoms with van der Waals surface area (Å²) in [5.41, 5.74) is 0. The molecule has 6 atom stereocenters. The Balaban J connectivity index is 5.23. The van der Waals surface area contributed by atoms with Gasteiger partial charge < -0.3 is 33.8 Å². The van der Waals surface area contributed by atoms with Crippen LogP contribution in [0.3, 0.4) is 0 Å². The van der Waals surface area contributed by atoms with Crippen LogP contribution in [0.2, 0.25) is 0 Å². The smallest absolute Gasteiger partial charge is 0.462 e. The Morgan fingerprint density at radius 1 is 0.261 bits per heavy atom. The van der Waals surface area contributed by atoms with Gasteiger partial charge in [0.25, 0.3) is 0 Å². The number of phosphoric ester groups is 2. The van der Waals surface area contributed by atoms with E-state index in [0.717, 1.165) is 102 Å². The molecule has 0 aromatic carbocycles. The molecule has 3 N–H and O–H groups in total. The van der Waals surface area contributed by atoms with E-state index in [2.05, 4.69) is 41.5 Å². The number of aliphatic hydroxyl groups is 1. The van der Waals surface area contributed by atoms with E-state index in [4.69, 9.17) is 37.0 Å². The largest absolute Gasteiger partial charge is 0.472 e. The summed E-state index contributed by atoms with van der Waals surface area (Å²) in [5.74, 6) is -0.498. The average Bonchev–Trinajstić information content (AvgIpc) is 0.893. The van der Waals surface area contributed by atoms with Gasteiger partial charge in [0.1, 0.15) is 19.3 Å². The number of ether oxygens (including phenoxy) is 4. The van der Waals surface area contributed by atoms with E-state index in [9.17, 15) is 43.2 Å². The summed E-state index contributed by atoms with van der Waals surface area (Å²) in [4.78, 5) is 73.4. The van der Waals surface area contributed by atoms with Gasteiger partial charge in [0, 0.05) is 25.7 Å². The molecule has 0 aliphatic rings. The molecule has 0 rings (SSSR count). The second kappa shape index (κ2) is 83.1. The van der Waals surface area contributed by atoms with E-state index < -0.39 is 97.5 Å². The van der Waals surface area contributed by atoms with Crippen molar-refractivity contribution in [2.75, 3.05) is 39.6 Å². The number of rotatable bonds is 91. The van der Waals surface area contributed by atoms with Gasteiger partial charge in [-0.2, -0.15) is 0 Å². The lowest BCUT2D eigenvalue weighted by Gasteiger charge is -2.21. The Morgan fingerprint density at radius 2 is 0.459 bits per heavy atom. The third-order valence-electron chi connectivity index (χ3n) is 22.1. The summed E-state index contributed by atoms with van der Waals surface area (Å²) in [6, 6.07) is 0. The Bertz CT molecular complexity index is 2120. The number of carbonyl (C=O) groups is 4. The van der Waals surface area contributed by atoms with Crippen LogP contribution in [0.4, 0.5) is 0 Å². The minimum atomic E-state index is -4.97. The molecule has 0 amide bonds. The lowest BCUT2D eigenvalue weighted by Crippen LogP contribution is -2.30. The predicted molar refractivity (Wildman–Crippen MR) is 460 cm³/mol. The molecule has 0 bridgehead atoms. The van der Waals surface area contributed by atoms with Gasteiger partial charge in [-0.25, -0.2) is 9.13 Å². The van der Waals surface area contributed by atoms with Crippen LogP contribution in [0.15, 0.2) is 0 Å². The second-order valence-electron chi connectivity index (χ2n) is 33.8. The van der Waals surface area contributed by atoms with Gasteiger partial charge in [0.2, 0.25) is 0 Å². The maximum Gasteiger partial charge on any atom is 0.472 e. The van der Waals surface area contributed by atoms with Crippen LogP contribution in [0, 0.1) is 11.8 Å². The summed E-state index contributed by atoms with van der Waals surface area (Å²) in [5, 5.41) is 10.7. The molecule has 0 radical (unpaired) electrons. The van der Waals surface area contributed by atoms with Crippen LogP contribution in [-0.4, -0.2) is 96.7 Å². The number of unbranched alkanes of at least 4 members (excludes halogenated alkanes) is 60. The monoisotopic (exact) mass is 1620 g/mol. The van der Waals surface area contributed by atoms with Crippen molar-refractivity contribution in [3.05, 3.63) is 0 Å². The Hall–Kier alpha value is -1.94. The van der Waals surface area contributed by atoms with Crippen LogP contribution in [-0.2, 0) is 65.4 Å². The lowest BCUT2D eigenvalue weighted by molar-refractivity contribution is -0.161. The normalized spacial score (nSPS) is 14.0. The highest BCUT2D eigenvalue weighted by atomic mass is 31.2. The summed E-state index contributed by atoms with van der Waals surface area (Å²) >= 11 is 0. The second-order valence-corrected chi connectivity index (χ2v) is 36.7. The number of esters is 4. The Morgan fingerprint density at radius 3 is 0.685 bits per heavy atom. The highest BCUT2D eigenvalue weighted by molar-refractivity contribution is 7.47. The highest BCUT2D eigenvalue weighted by Crippen LogP contribution is 2.45. The van der Waals surface area contributed by atoms with Crippen LogP contribution in [0.1, 0.15) is 497 Å². The molecule has 0 saturated heterocycles. The summed E-state index contributed by atoms with van der Waals surface area (Å²) in [7, 11) is -9.94. The molecule has 0 spiro atoms. The summed E-state index contributed by atoms with van der Waals surface area (Å²) < 4.78 is 69.1. The first-order valence-corrected chi connectivity index (χ1v) is 50.5. The third kappa shape index (κ3) is 84.3. The molecule has 17 nitrogen and oxygen atoms in total. The molecule has 0 fully saturated rings. The van der Waals surface area contributed by atoms with Crippen molar-refractivity contribution in [2.45, 2.75) is 516 Å². The molecule has 19 heteroatoms. The molecule has 0 aromatic rings. The summed E-state index contributed by atoms with van der Waals surface area (Å²) in [6.07, 6.45) is 77.9. The molecule has 660 valence electrons. The number of hydrogen-bond donors (Lipinski definition) is 3. The predicted octanol–water partition coefficient (Wildman–Crippen LogP) is 28.6. The van der Waals surface area contributed by atoms with Crippen molar-refractivity contribution in [1.29, 1.82) is 0 Å². The van der Waals surface area contributed by atoms with Gasteiger partial charge >= 0.3 is 39.5 Å². The fourth-order valence-corrected chi connectivity index (χ4v) is 16.0. The van der Waals surface area contributed by atoms with Gasteiger partial charge in [0.15, 0.2) is 12.2 Å². The first-order valence-electron chi connectivity index (χ1n) is 47.5. The molecule has 0 saturated carbocycles. The van der Waals surface area contributed by atoms with Crippen molar-refractivity contribution in [3.8, 4) is 0 Å². The van der Waals surface area contributed by atoms with E-state index in [1.807, 2.05) is 0 Å². The first kappa shape index (κ1) is 109. The Kier molecular flexibility index (Phi) is 81.7. The number of carbonyl (C=O) groups excluding carboxylic acids is 4. The maximum atomic E-state index is 13.2. The maximum absolute atomic E-state index is 13.2. The van der Waals surface area contributed by atoms with Crippen LogP contribution in [0.5, 0.6) is 0 Å². The molecule has 0 aliphatic heterocycles. The SMILES string of the molecule is CCCCCCCCCCCCCCCCCCCCCCC(=O)OC[C@H](COP(=O)(O)OC[C@@H](O)COP(=O)(O)OC[C@@H](COC(=O)CCCCCCCCCCC(C)C)OC(=O)CCCCCCCCCCCCCCCCCCCC)OC(=O)CCCCCCCCCCCCCCCCCCCCC(C)CC. The summed E-state index contributed by atoms with van der Waals surface area (Å²) in [6.45, 7) is 9.74. The minimum absolute atomic E-state index is 0.108. The van der Waals surface area contributed by atoms with Crippen LogP contribution in [0.25, 0.3) is 0 Å². The molecule has 111 heavy (non-hydrogen) atoms. The quantitative estimate of drug-likeness (QED) is 0.0222. The minimum Gasteiger partial charge on any atom is -0.462 e. The number of aliphatic hydroxyl groups excluding tert-OH is 1. The molecule has 0 aromatic heterocycles. The topological polar surface area (TPSA) is 237 Å². The molecule has 0 heterocycles. The highest BCUT2D eigenvalue weighted by Gasteiger charge is 2.31. The zero-order valence-corrected chi connectivity index (χ0v) is 75.1. The lowest BCUT2D eigenvalue weighted by atomic mass is 9.99. The van der Waals surface area contributed by atoms with Crippen molar-refractivity contribution < 1.29 is 80.2 Å². The third-order valence-corrected chi connectivity index (χ3v) is 24.0. The van der Waals surface area contributed by atoms with Crippen LogP contribution < -0.4 is 0 Å². The van der Waals surface area contributed by atoms with Crippen molar-refractivity contribution in [3.63, 3.8) is 0 Å². The van der Waals surface area contributed by atoms with Gasteiger partial charge in [-0.1, -0.05) is 446 Å². The van der Waals surface area contributed by atoms with E-state index >= 15 is 0 Å². The standard InChI is InChI=1S/C92H180O17P2/c1-7-10-12-14-16-18-20-22-24-26-28-29-34-37-41-45-49-56-62-68-74-89(94)102-80-87(108-91(96)76-71-65-59-51-47-43-39-35-31-30-32-36-40-44-48-55-61-67-73-85(6)9-3)82-106-110(98,99)104-78-86(93)79-105-111(100,101)107-83-88(81-103-90(95)75-69-63-57-53-52-54-60-66-72-84(4)5)109-92(97)77-70-64-58-50-46-42-38-33-27-25-23-21-19-17-15-13-11-8-2/h84-88,93H,7-83H2,1-6H3,(H,98,99)(H,100,101)/t85?,86-,87-,88-/m1/s1. The van der Waals surface area contributed by atoms with Gasteiger partial charge in [-0.3, -0.25) is 37.3 Å². The molecule has 3 unspecified atom stereocenters. The Labute approximate surface area is 683 Å². The molecule has 0 aliphatic carbocycles. The zero-order chi connectivity index (χ0) is 81.3. The fourth-order valence-electron chi connectivity index (χ4n) is 14.4. The average molecular weight is 1620 g/mol. The molecular weight excluding hydrogens is 1440 g/mol. The van der Waals surface area contributed by atoms with E-state index in [-0.39, 0.29) is 25.7 Å². The fraction of sp³-hybridized carbons (Fsp3) is 0.957.